The number of hydrogen-bond donors (Lipinski definition) is 2. The van der Waals surface area contributed by atoms with Gasteiger partial charge in [-0.2, -0.15) is 0 Å². The highest BCUT2D eigenvalue weighted by Crippen LogP contribution is 2.17. The summed E-state index contributed by atoms with van der Waals surface area (Å²) in [7, 11) is 0. The fraction of sp³-hybridized carbons (Fsp3) is 0.857. The van der Waals surface area contributed by atoms with Crippen molar-refractivity contribution in [1.82, 2.24) is 9.80 Å². The van der Waals surface area contributed by atoms with Crippen LogP contribution in [0.1, 0.15) is 47.0 Å². The van der Waals surface area contributed by atoms with Crippen LogP contribution < -0.4 is 0 Å². The van der Waals surface area contributed by atoms with Crippen LogP contribution in [0.3, 0.4) is 0 Å². The lowest BCUT2D eigenvalue weighted by Crippen LogP contribution is -2.53. The summed E-state index contributed by atoms with van der Waals surface area (Å²) in [6, 6.07) is -0.207. The van der Waals surface area contributed by atoms with E-state index in [0.29, 0.717) is 6.54 Å². The van der Waals surface area contributed by atoms with Gasteiger partial charge in [0.25, 0.3) is 0 Å². The number of amides is 2. The second kappa shape index (κ2) is 8.79. The maximum atomic E-state index is 12.5. The second-order valence-electron chi connectivity index (χ2n) is 5.81. The molecule has 0 spiro atoms. The molecule has 0 radical (unpaired) electrons. The molecule has 0 aromatic rings. The number of hydrogen-bond acceptors (Lipinski definition) is 3. The second-order valence-corrected chi connectivity index (χ2v) is 5.81. The molecular weight excluding hydrogens is 260 g/mol. The molecule has 0 bridgehead atoms. The molecule has 6 heteroatoms. The normalized spacial score (nSPS) is 11.2. The topological polar surface area (TPSA) is 81.1 Å². The number of unbranched alkanes of at least 4 members (excludes halogenated alkanes) is 1. The van der Waals surface area contributed by atoms with Crippen molar-refractivity contribution >= 4 is 12.0 Å². The monoisotopic (exact) mass is 288 g/mol. The molecule has 0 aliphatic rings. The van der Waals surface area contributed by atoms with Crippen LogP contribution in [-0.4, -0.2) is 63.8 Å². The number of aliphatic hydroxyl groups excluding tert-OH is 1. The molecule has 2 N–H and O–H groups in total. The number of urea groups is 1. The average Bonchev–Trinajstić information content (AvgIpc) is 2.32. The van der Waals surface area contributed by atoms with E-state index in [9.17, 15) is 9.59 Å². The molecule has 0 atom stereocenters. The fourth-order valence-corrected chi connectivity index (χ4v) is 1.87. The van der Waals surface area contributed by atoms with Gasteiger partial charge in [-0.05, 0) is 27.2 Å². The first-order valence-electron chi connectivity index (χ1n) is 7.13. The molecule has 0 saturated carbocycles. The highest BCUT2D eigenvalue weighted by atomic mass is 16.4. The van der Waals surface area contributed by atoms with E-state index in [1.807, 2.05) is 27.7 Å². The zero-order chi connectivity index (χ0) is 15.8. The minimum Gasteiger partial charge on any atom is -0.481 e. The standard InChI is InChI=1S/C14H28N2O4/c1-5-6-8-15(10-11-17)13(20)16(14(2,3)4)9-7-12(18)19/h17H,5-11H2,1-4H3,(H,18,19). The zero-order valence-electron chi connectivity index (χ0n) is 13.1. The van der Waals surface area contributed by atoms with Crippen molar-refractivity contribution in [2.45, 2.75) is 52.5 Å². The summed E-state index contributed by atoms with van der Waals surface area (Å²) >= 11 is 0. The van der Waals surface area contributed by atoms with Gasteiger partial charge in [0.15, 0.2) is 0 Å². The molecule has 0 unspecified atom stereocenters. The van der Waals surface area contributed by atoms with Crippen LogP contribution in [0.25, 0.3) is 0 Å². The third-order valence-electron chi connectivity index (χ3n) is 3.01. The first kappa shape index (κ1) is 18.7. The predicted molar refractivity (Wildman–Crippen MR) is 77.7 cm³/mol. The molecule has 0 heterocycles. The van der Waals surface area contributed by atoms with Gasteiger partial charge in [0.2, 0.25) is 0 Å². The van der Waals surface area contributed by atoms with E-state index in [0.717, 1.165) is 12.8 Å². The van der Waals surface area contributed by atoms with Crippen molar-refractivity contribution in [3.8, 4) is 0 Å². The number of carboxylic acid groups (broad SMARTS) is 1. The molecule has 2 amide bonds. The van der Waals surface area contributed by atoms with Gasteiger partial charge >= 0.3 is 12.0 Å². The lowest BCUT2D eigenvalue weighted by Gasteiger charge is -2.39. The van der Waals surface area contributed by atoms with E-state index in [2.05, 4.69) is 0 Å². The Bertz CT molecular complexity index is 313. The molecule has 6 nitrogen and oxygen atoms in total. The molecule has 0 fully saturated rings. The molecule has 0 saturated heterocycles. The number of carboxylic acids is 1. The summed E-state index contributed by atoms with van der Waals surface area (Å²) in [5.74, 6) is -0.922. The Labute approximate surface area is 121 Å². The van der Waals surface area contributed by atoms with Crippen LogP contribution >= 0.6 is 0 Å². The number of aliphatic hydroxyl groups is 1. The summed E-state index contributed by atoms with van der Waals surface area (Å²) in [6.07, 6.45) is 1.74. The lowest BCUT2D eigenvalue weighted by atomic mass is 10.1. The van der Waals surface area contributed by atoms with Crippen LogP contribution in [0.4, 0.5) is 4.79 Å². The Morgan fingerprint density at radius 1 is 1.10 bits per heavy atom. The molecule has 0 aliphatic heterocycles. The van der Waals surface area contributed by atoms with Gasteiger partial charge in [-0.3, -0.25) is 4.79 Å². The minimum absolute atomic E-state index is 0.0796. The molecule has 0 aromatic heterocycles. The van der Waals surface area contributed by atoms with Crippen molar-refractivity contribution in [1.29, 1.82) is 0 Å². The molecule has 0 aliphatic carbocycles. The summed E-state index contributed by atoms with van der Waals surface area (Å²) in [6.45, 7) is 8.61. The van der Waals surface area contributed by atoms with E-state index >= 15 is 0 Å². The smallest absolute Gasteiger partial charge is 0.320 e. The van der Waals surface area contributed by atoms with Gasteiger partial charge in [0.05, 0.1) is 13.0 Å². The molecular formula is C14H28N2O4. The number of carbonyl (C=O) groups excluding carboxylic acids is 1. The Balaban J connectivity index is 4.91. The highest BCUT2D eigenvalue weighted by molar-refractivity contribution is 5.76. The van der Waals surface area contributed by atoms with Gasteiger partial charge in [-0.15, -0.1) is 0 Å². The number of carbonyl (C=O) groups is 2. The van der Waals surface area contributed by atoms with Gasteiger partial charge in [-0.1, -0.05) is 13.3 Å². The third kappa shape index (κ3) is 6.75. The summed E-state index contributed by atoms with van der Waals surface area (Å²) in [5.41, 5.74) is -0.452. The van der Waals surface area contributed by atoms with Crippen LogP contribution in [-0.2, 0) is 4.79 Å². The molecule has 0 rings (SSSR count). The van der Waals surface area contributed by atoms with Gasteiger partial charge in [0, 0.05) is 25.2 Å². The molecule has 0 aromatic carbocycles. The SMILES string of the molecule is CCCCN(CCO)C(=O)N(CCC(=O)O)C(C)(C)C. The minimum atomic E-state index is -0.922. The van der Waals surface area contributed by atoms with Gasteiger partial charge in [0.1, 0.15) is 0 Å². The van der Waals surface area contributed by atoms with E-state index < -0.39 is 11.5 Å². The van der Waals surface area contributed by atoms with Crippen LogP contribution in [0, 0.1) is 0 Å². The first-order valence-corrected chi connectivity index (χ1v) is 7.13. The fourth-order valence-electron chi connectivity index (χ4n) is 1.87. The predicted octanol–water partition coefficient (Wildman–Crippen LogP) is 1.78. The van der Waals surface area contributed by atoms with Crippen molar-refractivity contribution in [3.63, 3.8) is 0 Å². The Morgan fingerprint density at radius 2 is 1.70 bits per heavy atom. The van der Waals surface area contributed by atoms with Crippen LogP contribution in [0.2, 0.25) is 0 Å². The quantitative estimate of drug-likeness (QED) is 0.713. The van der Waals surface area contributed by atoms with Crippen molar-refractivity contribution < 1.29 is 19.8 Å². The maximum absolute atomic E-state index is 12.5. The summed E-state index contributed by atoms with van der Waals surface area (Å²) in [5, 5.41) is 17.9. The lowest BCUT2D eigenvalue weighted by molar-refractivity contribution is -0.137. The zero-order valence-corrected chi connectivity index (χ0v) is 13.1. The Hall–Kier alpha value is -1.30. The van der Waals surface area contributed by atoms with E-state index in [4.69, 9.17) is 10.2 Å². The average molecular weight is 288 g/mol. The third-order valence-corrected chi connectivity index (χ3v) is 3.01. The summed E-state index contributed by atoms with van der Waals surface area (Å²) in [4.78, 5) is 26.4. The van der Waals surface area contributed by atoms with Crippen LogP contribution in [0.15, 0.2) is 0 Å². The largest absolute Gasteiger partial charge is 0.481 e. The van der Waals surface area contributed by atoms with Gasteiger partial charge in [-0.25, -0.2) is 4.79 Å². The number of rotatable bonds is 8. The molecule has 118 valence electrons. The number of aliphatic carboxylic acids is 1. The van der Waals surface area contributed by atoms with Crippen LogP contribution in [0.5, 0.6) is 0 Å². The Kier molecular flexibility index (Phi) is 8.22. The molecule has 20 heavy (non-hydrogen) atoms. The van der Waals surface area contributed by atoms with Crippen molar-refractivity contribution in [2.75, 3.05) is 26.2 Å². The van der Waals surface area contributed by atoms with E-state index in [1.54, 1.807) is 9.80 Å². The van der Waals surface area contributed by atoms with E-state index in [1.165, 1.54) is 0 Å². The van der Waals surface area contributed by atoms with Crippen molar-refractivity contribution in [3.05, 3.63) is 0 Å². The number of nitrogens with zero attached hydrogens (tertiary/aromatic N) is 2. The maximum Gasteiger partial charge on any atom is 0.320 e. The van der Waals surface area contributed by atoms with Gasteiger partial charge < -0.3 is 20.0 Å². The Morgan fingerprint density at radius 3 is 2.10 bits per heavy atom. The first-order chi connectivity index (χ1) is 9.23. The van der Waals surface area contributed by atoms with E-state index in [-0.39, 0.29) is 32.1 Å². The highest BCUT2D eigenvalue weighted by Gasteiger charge is 2.29. The summed E-state index contributed by atoms with van der Waals surface area (Å²) < 4.78 is 0. The van der Waals surface area contributed by atoms with Crippen molar-refractivity contribution in [2.24, 2.45) is 0 Å².